The van der Waals surface area contributed by atoms with Crippen LogP contribution in [0, 0.1) is 0 Å². The maximum atomic E-state index is 4.67. The molecule has 0 fully saturated rings. The zero-order valence-electron chi connectivity index (χ0n) is 11.1. The average Bonchev–Trinajstić information content (AvgIpc) is 2.72. The van der Waals surface area contributed by atoms with Gasteiger partial charge in [-0.05, 0) is 39.8 Å². The summed E-state index contributed by atoms with van der Waals surface area (Å²) in [5, 5.41) is 3.44. The molecule has 0 atom stereocenters. The Balaban J connectivity index is 2.25. The molecule has 0 amide bonds. The number of hydrogen-bond donors (Lipinski definition) is 1. The van der Waals surface area contributed by atoms with E-state index in [2.05, 4.69) is 41.2 Å². The van der Waals surface area contributed by atoms with E-state index in [0.717, 1.165) is 44.0 Å². The van der Waals surface area contributed by atoms with Crippen molar-refractivity contribution < 1.29 is 0 Å². The molecule has 4 nitrogen and oxygen atoms in total. The molecule has 2 rings (SSSR count). The summed E-state index contributed by atoms with van der Waals surface area (Å²) in [5.74, 6) is 2.01. The van der Waals surface area contributed by atoms with Gasteiger partial charge in [-0.3, -0.25) is 0 Å². The van der Waals surface area contributed by atoms with E-state index < -0.39 is 0 Å². The van der Waals surface area contributed by atoms with Crippen molar-refractivity contribution in [2.24, 2.45) is 0 Å². The standard InChI is InChI=1S/C13H22N4/c1-4-8-14-13-10-6-5-7-11(10)15-12(16-13)9-17(2)3/h4-9H2,1-3H3,(H,14,15,16). The Bertz CT molecular complexity index is 387. The minimum atomic E-state index is 0.814. The maximum Gasteiger partial charge on any atom is 0.144 e. The van der Waals surface area contributed by atoms with Gasteiger partial charge in [-0.2, -0.15) is 0 Å². The fourth-order valence-corrected chi connectivity index (χ4v) is 2.23. The molecule has 0 radical (unpaired) electrons. The second kappa shape index (κ2) is 5.45. The predicted molar refractivity (Wildman–Crippen MR) is 70.2 cm³/mol. The molecule has 0 spiro atoms. The van der Waals surface area contributed by atoms with E-state index in [4.69, 9.17) is 0 Å². The van der Waals surface area contributed by atoms with Crippen molar-refractivity contribution in [2.75, 3.05) is 26.0 Å². The highest BCUT2D eigenvalue weighted by atomic mass is 15.1. The van der Waals surface area contributed by atoms with Gasteiger partial charge >= 0.3 is 0 Å². The first-order valence-corrected chi connectivity index (χ1v) is 6.48. The highest BCUT2D eigenvalue weighted by Gasteiger charge is 2.19. The Morgan fingerprint density at radius 2 is 2.06 bits per heavy atom. The van der Waals surface area contributed by atoms with Crippen molar-refractivity contribution >= 4 is 5.82 Å². The van der Waals surface area contributed by atoms with Crippen LogP contribution in [0.1, 0.15) is 36.8 Å². The first-order chi connectivity index (χ1) is 8.20. The van der Waals surface area contributed by atoms with Gasteiger partial charge in [-0.1, -0.05) is 6.92 Å². The van der Waals surface area contributed by atoms with E-state index in [1.165, 1.54) is 17.7 Å². The lowest BCUT2D eigenvalue weighted by Crippen LogP contribution is -2.16. The van der Waals surface area contributed by atoms with Crippen LogP contribution in [0.15, 0.2) is 0 Å². The largest absolute Gasteiger partial charge is 0.370 e. The molecule has 0 saturated heterocycles. The van der Waals surface area contributed by atoms with Crippen LogP contribution in [0.4, 0.5) is 5.82 Å². The van der Waals surface area contributed by atoms with Gasteiger partial charge in [-0.15, -0.1) is 0 Å². The smallest absolute Gasteiger partial charge is 0.144 e. The Kier molecular flexibility index (Phi) is 3.94. The van der Waals surface area contributed by atoms with E-state index in [-0.39, 0.29) is 0 Å². The van der Waals surface area contributed by atoms with Crippen molar-refractivity contribution in [1.82, 2.24) is 14.9 Å². The normalized spacial score (nSPS) is 14.1. The number of aromatic nitrogens is 2. The van der Waals surface area contributed by atoms with E-state index in [9.17, 15) is 0 Å². The van der Waals surface area contributed by atoms with Crippen LogP contribution in [0.2, 0.25) is 0 Å². The van der Waals surface area contributed by atoms with Crippen molar-refractivity contribution in [3.63, 3.8) is 0 Å². The lowest BCUT2D eigenvalue weighted by Gasteiger charge is -2.13. The van der Waals surface area contributed by atoms with Crippen LogP contribution < -0.4 is 5.32 Å². The summed E-state index contributed by atoms with van der Waals surface area (Å²) in [6.45, 7) is 3.98. The number of anilines is 1. The van der Waals surface area contributed by atoms with Crippen LogP contribution in [-0.2, 0) is 19.4 Å². The summed E-state index contributed by atoms with van der Waals surface area (Å²) in [6.07, 6.45) is 4.58. The zero-order valence-corrected chi connectivity index (χ0v) is 11.1. The summed E-state index contributed by atoms with van der Waals surface area (Å²) < 4.78 is 0. The fraction of sp³-hybridized carbons (Fsp3) is 0.692. The zero-order chi connectivity index (χ0) is 12.3. The first-order valence-electron chi connectivity index (χ1n) is 6.48. The first kappa shape index (κ1) is 12.3. The van der Waals surface area contributed by atoms with Gasteiger partial charge in [0.05, 0.1) is 6.54 Å². The van der Waals surface area contributed by atoms with Gasteiger partial charge in [0.1, 0.15) is 11.6 Å². The SMILES string of the molecule is CCCNc1nc(CN(C)C)nc2c1CCC2. The van der Waals surface area contributed by atoms with Crippen LogP contribution in [-0.4, -0.2) is 35.5 Å². The molecule has 1 aliphatic rings. The molecule has 0 aliphatic heterocycles. The lowest BCUT2D eigenvalue weighted by atomic mass is 10.2. The summed E-state index contributed by atoms with van der Waals surface area (Å²) in [6, 6.07) is 0. The third-order valence-electron chi connectivity index (χ3n) is 2.98. The quantitative estimate of drug-likeness (QED) is 0.844. The molecule has 0 bridgehead atoms. The van der Waals surface area contributed by atoms with Crippen LogP contribution in [0.5, 0.6) is 0 Å². The molecule has 4 heteroatoms. The van der Waals surface area contributed by atoms with Gasteiger partial charge < -0.3 is 10.2 Å². The van der Waals surface area contributed by atoms with E-state index >= 15 is 0 Å². The second-order valence-corrected chi connectivity index (χ2v) is 4.93. The molecule has 1 aromatic heterocycles. The molecular weight excluding hydrogens is 212 g/mol. The number of hydrogen-bond acceptors (Lipinski definition) is 4. The average molecular weight is 234 g/mol. The van der Waals surface area contributed by atoms with E-state index in [1.54, 1.807) is 0 Å². The summed E-state index contributed by atoms with van der Waals surface area (Å²) >= 11 is 0. The topological polar surface area (TPSA) is 41.1 Å². The molecule has 1 aliphatic carbocycles. The fourth-order valence-electron chi connectivity index (χ4n) is 2.23. The van der Waals surface area contributed by atoms with Gasteiger partial charge in [0.2, 0.25) is 0 Å². The molecular formula is C13H22N4. The molecule has 1 aromatic rings. The Morgan fingerprint density at radius 1 is 1.24 bits per heavy atom. The lowest BCUT2D eigenvalue weighted by molar-refractivity contribution is 0.390. The third kappa shape index (κ3) is 2.94. The summed E-state index contributed by atoms with van der Waals surface area (Å²) in [4.78, 5) is 11.4. The van der Waals surface area contributed by atoms with Crippen LogP contribution in [0.3, 0.4) is 0 Å². The van der Waals surface area contributed by atoms with Crippen LogP contribution >= 0.6 is 0 Å². The molecule has 94 valence electrons. The van der Waals surface area contributed by atoms with Crippen molar-refractivity contribution in [3.05, 3.63) is 17.1 Å². The summed E-state index contributed by atoms with van der Waals surface area (Å²) in [7, 11) is 4.10. The molecule has 1 heterocycles. The van der Waals surface area contributed by atoms with Crippen molar-refractivity contribution in [3.8, 4) is 0 Å². The Hall–Kier alpha value is -1.16. The van der Waals surface area contributed by atoms with Crippen LogP contribution in [0.25, 0.3) is 0 Å². The van der Waals surface area contributed by atoms with Crippen molar-refractivity contribution in [2.45, 2.75) is 39.2 Å². The molecule has 0 aromatic carbocycles. The highest BCUT2D eigenvalue weighted by Crippen LogP contribution is 2.26. The van der Waals surface area contributed by atoms with E-state index in [1.807, 2.05) is 0 Å². The van der Waals surface area contributed by atoms with Gasteiger partial charge in [0.15, 0.2) is 0 Å². The minimum absolute atomic E-state index is 0.814. The third-order valence-corrected chi connectivity index (χ3v) is 2.98. The number of aryl methyl sites for hydroxylation is 1. The molecule has 1 N–H and O–H groups in total. The number of nitrogens with zero attached hydrogens (tertiary/aromatic N) is 3. The van der Waals surface area contributed by atoms with Gasteiger partial charge in [0, 0.05) is 17.8 Å². The Labute approximate surface area is 103 Å². The van der Waals surface area contributed by atoms with Gasteiger partial charge in [-0.25, -0.2) is 9.97 Å². The monoisotopic (exact) mass is 234 g/mol. The van der Waals surface area contributed by atoms with E-state index in [0.29, 0.717) is 0 Å². The Morgan fingerprint density at radius 3 is 2.76 bits per heavy atom. The molecule has 0 unspecified atom stereocenters. The second-order valence-electron chi connectivity index (χ2n) is 4.93. The molecule has 0 saturated carbocycles. The van der Waals surface area contributed by atoms with Crippen molar-refractivity contribution in [1.29, 1.82) is 0 Å². The maximum absolute atomic E-state index is 4.67. The highest BCUT2D eigenvalue weighted by molar-refractivity contribution is 5.48. The number of nitrogens with one attached hydrogen (secondary N) is 1. The van der Waals surface area contributed by atoms with Gasteiger partial charge in [0.25, 0.3) is 0 Å². The molecule has 17 heavy (non-hydrogen) atoms. The number of rotatable bonds is 5. The predicted octanol–water partition coefficient (Wildman–Crippen LogP) is 1.85. The minimum Gasteiger partial charge on any atom is -0.370 e. The number of fused-ring (bicyclic) bond motifs is 1. The summed E-state index contributed by atoms with van der Waals surface area (Å²) in [5.41, 5.74) is 2.61.